The van der Waals surface area contributed by atoms with E-state index in [0.29, 0.717) is 28.0 Å². The van der Waals surface area contributed by atoms with Crippen molar-refractivity contribution in [2.45, 2.75) is 0 Å². The number of hydrogen-bond donors (Lipinski definition) is 1. The van der Waals surface area contributed by atoms with Crippen LogP contribution < -0.4 is 15.0 Å². The van der Waals surface area contributed by atoms with E-state index in [0.717, 1.165) is 12.1 Å². The molecule has 30 heavy (non-hydrogen) atoms. The number of nitrogens with zero attached hydrogens (tertiary/aromatic N) is 1. The van der Waals surface area contributed by atoms with Crippen molar-refractivity contribution in [3.8, 4) is 5.75 Å². The Morgan fingerprint density at radius 2 is 1.57 bits per heavy atom. The Balaban J connectivity index is 1.83. The van der Waals surface area contributed by atoms with Gasteiger partial charge in [-0.05, 0) is 42.0 Å². The smallest absolute Gasteiger partial charge is 0.282 e. The second-order valence-electron chi connectivity index (χ2n) is 6.51. The van der Waals surface area contributed by atoms with Gasteiger partial charge in [0, 0.05) is 11.8 Å². The summed E-state index contributed by atoms with van der Waals surface area (Å²) in [5.74, 6) is -2.68. The standard InChI is InChI=1S/C23H16F2N2O3/c1-30-17-10-7-14(8-11-17)20-21(26-16-5-3-2-4-6-16)23(29)27(22(20)28)19-12-9-15(24)13-18(19)25/h2-13,26H,1H3. The van der Waals surface area contributed by atoms with E-state index in [1.165, 1.54) is 7.11 Å². The molecule has 0 aromatic heterocycles. The lowest BCUT2D eigenvalue weighted by atomic mass is 10.0. The van der Waals surface area contributed by atoms with E-state index >= 15 is 0 Å². The van der Waals surface area contributed by atoms with Crippen molar-refractivity contribution in [3.05, 3.63) is 95.7 Å². The molecular formula is C23H16F2N2O3. The topological polar surface area (TPSA) is 58.6 Å². The minimum atomic E-state index is -1.01. The molecule has 0 spiro atoms. The highest BCUT2D eigenvalue weighted by Gasteiger charge is 2.41. The van der Waals surface area contributed by atoms with Gasteiger partial charge in [0.1, 0.15) is 23.1 Å². The number of benzene rings is 3. The summed E-state index contributed by atoms with van der Waals surface area (Å²) in [6, 6.07) is 18.1. The summed E-state index contributed by atoms with van der Waals surface area (Å²) in [5, 5.41) is 2.97. The Bertz CT molecular complexity index is 1160. The summed E-state index contributed by atoms with van der Waals surface area (Å²) in [7, 11) is 1.51. The first-order chi connectivity index (χ1) is 14.5. The van der Waals surface area contributed by atoms with E-state index in [2.05, 4.69) is 5.32 Å². The molecule has 1 heterocycles. The minimum absolute atomic E-state index is 0.0000850. The molecule has 3 aromatic rings. The average molecular weight is 406 g/mol. The molecule has 0 atom stereocenters. The minimum Gasteiger partial charge on any atom is -0.497 e. The fraction of sp³-hybridized carbons (Fsp3) is 0.0435. The number of nitrogens with one attached hydrogen (secondary N) is 1. The number of imide groups is 1. The Labute approximate surface area is 171 Å². The van der Waals surface area contributed by atoms with E-state index in [4.69, 9.17) is 4.74 Å². The van der Waals surface area contributed by atoms with E-state index in [1.54, 1.807) is 48.5 Å². The van der Waals surface area contributed by atoms with Crippen LogP contribution in [0.15, 0.2) is 78.5 Å². The predicted octanol–water partition coefficient (Wildman–Crippen LogP) is 4.37. The van der Waals surface area contributed by atoms with E-state index < -0.39 is 23.4 Å². The molecule has 0 saturated carbocycles. The zero-order valence-electron chi connectivity index (χ0n) is 15.9. The first kappa shape index (κ1) is 19.3. The van der Waals surface area contributed by atoms with Gasteiger partial charge in [0.25, 0.3) is 11.8 Å². The molecule has 7 heteroatoms. The Hall–Kier alpha value is -4.00. The summed E-state index contributed by atoms with van der Waals surface area (Å²) in [5.41, 5.74) is 0.802. The van der Waals surface area contributed by atoms with Gasteiger partial charge in [0.15, 0.2) is 0 Å². The van der Waals surface area contributed by atoms with E-state index in [-0.39, 0.29) is 17.0 Å². The first-order valence-corrected chi connectivity index (χ1v) is 9.04. The van der Waals surface area contributed by atoms with Crippen molar-refractivity contribution in [3.63, 3.8) is 0 Å². The van der Waals surface area contributed by atoms with Crippen molar-refractivity contribution < 1.29 is 23.1 Å². The zero-order valence-corrected chi connectivity index (χ0v) is 15.9. The molecule has 0 aliphatic carbocycles. The van der Waals surface area contributed by atoms with Crippen LogP contribution in [-0.4, -0.2) is 18.9 Å². The number of carbonyl (C=O) groups is 2. The van der Waals surface area contributed by atoms with Gasteiger partial charge < -0.3 is 10.1 Å². The van der Waals surface area contributed by atoms with Crippen LogP contribution in [0.2, 0.25) is 0 Å². The lowest BCUT2D eigenvalue weighted by Crippen LogP contribution is -2.33. The Kier molecular flexibility index (Phi) is 5.02. The van der Waals surface area contributed by atoms with Crippen molar-refractivity contribution in [1.29, 1.82) is 0 Å². The number of methoxy groups -OCH3 is 1. The van der Waals surface area contributed by atoms with Crippen molar-refractivity contribution >= 4 is 28.8 Å². The molecule has 0 bridgehead atoms. The van der Waals surface area contributed by atoms with Gasteiger partial charge in [0.05, 0.1) is 18.4 Å². The number of anilines is 2. The lowest BCUT2D eigenvalue weighted by Gasteiger charge is -2.16. The van der Waals surface area contributed by atoms with Gasteiger partial charge in [-0.3, -0.25) is 9.59 Å². The van der Waals surface area contributed by atoms with Crippen LogP contribution in [0.4, 0.5) is 20.2 Å². The summed E-state index contributed by atoms with van der Waals surface area (Å²) in [6.45, 7) is 0. The number of ether oxygens (including phenoxy) is 1. The van der Waals surface area contributed by atoms with Crippen LogP contribution in [-0.2, 0) is 9.59 Å². The fourth-order valence-electron chi connectivity index (χ4n) is 3.22. The summed E-state index contributed by atoms with van der Waals surface area (Å²) in [4.78, 5) is 27.1. The number of para-hydroxylation sites is 1. The Morgan fingerprint density at radius 1 is 0.867 bits per heavy atom. The van der Waals surface area contributed by atoms with Gasteiger partial charge in [-0.2, -0.15) is 0 Å². The monoisotopic (exact) mass is 406 g/mol. The predicted molar refractivity (Wildman–Crippen MR) is 109 cm³/mol. The third kappa shape index (κ3) is 3.41. The molecule has 1 N–H and O–H groups in total. The highest BCUT2D eigenvalue weighted by atomic mass is 19.1. The van der Waals surface area contributed by atoms with Gasteiger partial charge in [-0.1, -0.05) is 30.3 Å². The first-order valence-electron chi connectivity index (χ1n) is 9.04. The van der Waals surface area contributed by atoms with Gasteiger partial charge in [-0.15, -0.1) is 0 Å². The molecule has 2 amide bonds. The molecule has 1 aliphatic heterocycles. The zero-order chi connectivity index (χ0) is 21.3. The van der Waals surface area contributed by atoms with Crippen LogP contribution in [0, 0.1) is 11.6 Å². The quantitative estimate of drug-likeness (QED) is 0.640. The number of rotatable bonds is 5. The van der Waals surface area contributed by atoms with Crippen LogP contribution in [0.25, 0.3) is 5.57 Å². The highest BCUT2D eigenvalue weighted by Crippen LogP contribution is 2.35. The van der Waals surface area contributed by atoms with Gasteiger partial charge in [-0.25, -0.2) is 13.7 Å². The lowest BCUT2D eigenvalue weighted by molar-refractivity contribution is -0.120. The molecule has 5 nitrogen and oxygen atoms in total. The molecule has 0 unspecified atom stereocenters. The maximum Gasteiger partial charge on any atom is 0.282 e. The maximum atomic E-state index is 14.4. The fourth-order valence-corrected chi connectivity index (χ4v) is 3.22. The third-order valence-electron chi connectivity index (χ3n) is 4.66. The number of carbonyl (C=O) groups excluding carboxylic acids is 2. The van der Waals surface area contributed by atoms with Crippen LogP contribution in [0.1, 0.15) is 5.56 Å². The molecule has 4 rings (SSSR count). The molecule has 1 aliphatic rings. The van der Waals surface area contributed by atoms with E-state index in [9.17, 15) is 18.4 Å². The Morgan fingerprint density at radius 3 is 2.20 bits per heavy atom. The molecule has 3 aromatic carbocycles. The van der Waals surface area contributed by atoms with Crippen LogP contribution in [0.3, 0.4) is 0 Å². The number of halogens is 2. The summed E-state index contributed by atoms with van der Waals surface area (Å²) < 4.78 is 32.9. The van der Waals surface area contributed by atoms with Crippen LogP contribution >= 0.6 is 0 Å². The summed E-state index contributed by atoms with van der Waals surface area (Å²) >= 11 is 0. The summed E-state index contributed by atoms with van der Waals surface area (Å²) in [6.07, 6.45) is 0. The van der Waals surface area contributed by atoms with Crippen molar-refractivity contribution in [2.24, 2.45) is 0 Å². The molecule has 0 radical (unpaired) electrons. The maximum absolute atomic E-state index is 14.4. The molecule has 150 valence electrons. The van der Waals surface area contributed by atoms with Gasteiger partial charge >= 0.3 is 0 Å². The number of amides is 2. The van der Waals surface area contributed by atoms with Crippen LogP contribution in [0.5, 0.6) is 5.75 Å². The molecular weight excluding hydrogens is 390 g/mol. The van der Waals surface area contributed by atoms with Crippen molar-refractivity contribution in [1.82, 2.24) is 0 Å². The number of hydrogen-bond acceptors (Lipinski definition) is 4. The SMILES string of the molecule is COc1ccc(C2=C(Nc3ccccc3)C(=O)N(c3ccc(F)cc3F)C2=O)cc1. The highest BCUT2D eigenvalue weighted by molar-refractivity contribution is 6.46. The second kappa shape index (κ2) is 7.79. The second-order valence-corrected chi connectivity index (χ2v) is 6.51. The van der Waals surface area contributed by atoms with Crippen molar-refractivity contribution in [2.75, 3.05) is 17.3 Å². The third-order valence-corrected chi connectivity index (χ3v) is 4.66. The average Bonchev–Trinajstić information content (AvgIpc) is 2.99. The largest absolute Gasteiger partial charge is 0.497 e. The van der Waals surface area contributed by atoms with Gasteiger partial charge in [0.2, 0.25) is 0 Å². The van der Waals surface area contributed by atoms with E-state index in [1.807, 2.05) is 6.07 Å². The molecule has 0 saturated heterocycles. The normalized spacial score (nSPS) is 13.8. The molecule has 0 fully saturated rings.